The Balaban J connectivity index is 1.78. The molecule has 0 saturated heterocycles. The fourth-order valence-electron chi connectivity index (χ4n) is 3.30. The third-order valence-electron chi connectivity index (χ3n) is 4.93. The first kappa shape index (κ1) is 21.3. The van der Waals surface area contributed by atoms with Gasteiger partial charge in [-0.15, -0.1) is 0 Å². The highest BCUT2D eigenvalue weighted by molar-refractivity contribution is 7.99. The molecule has 1 amide bonds. The molecule has 0 bridgehead atoms. The topological polar surface area (TPSA) is 121 Å². The number of primary amides is 1. The monoisotopic (exact) mass is 446 g/mol. The van der Waals surface area contributed by atoms with Crippen LogP contribution in [-0.2, 0) is 0 Å². The standard InChI is InChI=1S/C23H18N4O4S/c1-14-6-8-15(9-7-14)21(28)13-32-23-25-17-4-2-3-5-18(17)26(23)19-11-10-16(22(24)29)12-20(19)27(30)31/h2-12H,13H2,1H3,(H2,24,29). The number of nitrogens with two attached hydrogens (primary N) is 1. The van der Waals surface area contributed by atoms with Crippen LogP contribution in [0, 0.1) is 17.0 Å². The molecule has 0 aliphatic carbocycles. The van der Waals surface area contributed by atoms with Gasteiger partial charge in [-0.3, -0.25) is 24.3 Å². The summed E-state index contributed by atoms with van der Waals surface area (Å²) in [5.41, 5.74) is 8.21. The van der Waals surface area contributed by atoms with E-state index in [1.54, 1.807) is 34.9 Å². The minimum absolute atomic E-state index is 0.0358. The lowest BCUT2D eigenvalue weighted by Gasteiger charge is -2.10. The van der Waals surface area contributed by atoms with Crippen LogP contribution in [0.5, 0.6) is 0 Å². The molecule has 4 aromatic rings. The molecule has 0 fully saturated rings. The SMILES string of the molecule is Cc1ccc(C(=O)CSc2nc3ccccc3n2-c2ccc(C(N)=O)cc2[N+](=O)[O-])cc1. The number of amides is 1. The van der Waals surface area contributed by atoms with E-state index < -0.39 is 10.8 Å². The van der Waals surface area contributed by atoms with Gasteiger partial charge in [0, 0.05) is 17.2 Å². The van der Waals surface area contributed by atoms with Crippen molar-refractivity contribution in [3.8, 4) is 5.69 Å². The van der Waals surface area contributed by atoms with Crippen LogP contribution in [-0.4, -0.2) is 31.9 Å². The van der Waals surface area contributed by atoms with Gasteiger partial charge in [0.05, 0.1) is 21.7 Å². The highest BCUT2D eigenvalue weighted by atomic mass is 32.2. The molecule has 0 saturated carbocycles. The minimum atomic E-state index is -0.756. The Morgan fingerprint density at radius 3 is 2.44 bits per heavy atom. The number of thioether (sulfide) groups is 1. The second-order valence-corrected chi connectivity index (χ2v) is 8.06. The number of nitrogens with zero attached hydrogens (tertiary/aromatic N) is 3. The molecular weight excluding hydrogens is 428 g/mol. The van der Waals surface area contributed by atoms with Crippen LogP contribution in [0.2, 0.25) is 0 Å². The second kappa shape index (κ2) is 8.64. The maximum atomic E-state index is 12.7. The molecule has 1 heterocycles. The smallest absolute Gasteiger partial charge is 0.294 e. The van der Waals surface area contributed by atoms with Gasteiger partial charge < -0.3 is 5.73 Å². The Morgan fingerprint density at radius 1 is 1.06 bits per heavy atom. The zero-order chi connectivity index (χ0) is 22.8. The van der Waals surface area contributed by atoms with Crippen molar-refractivity contribution in [1.82, 2.24) is 9.55 Å². The Bertz CT molecular complexity index is 1360. The maximum Gasteiger partial charge on any atom is 0.294 e. The Labute approximate surface area is 187 Å². The third-order valence-corrected chi connectivity index (χ3v) is 5.87. The first-order valence-electron chi connectivity index (χ1n) is 9.64. The number of aromatic nitrogens is 2. The number of nitro groups is 1. The first-order chi connectivity index (χ1) is 15.3. The van der Waals surface area contributed by atoms with Gasteiger partial charge in [-0.1, -0.05) is 53.7 Å². The number of Topliss-reactive ketones (excluding diaryl/α,β-unsaturated/α-hetero) is 1. The number of hydrogen-bond donors (Lipinski definition) is 1. The summed E-state index contributed by atoms with van der Waals surface area (Å²) in [4.78, 5) is 40.0. The van der Waals surface area contributed by atoms with Gasteiger partial charge in [0.25, 0.3) is 5.69 Å². The van der Waals surface area contributed by atoms with Crippen LogP contribution in [0.3, 0.4) is 0 Å². The average molecular weight is 446 g/mol. The van der Waals surface area contributed by atoms with Crippen molar-refractivity contribution >= 4 is 40.2 Å². The van der Waals surface area contributed by atoms with E-state index in [0.717, 1.165) is 11.6 Å². The van der Waals surface area contributed by atoms with Crippen molar-refractivity contribution in [2.24, 2.45) is 5.73 Å². The van der Waals surface area contributed by atoms with Crippen molar-refractivity contribution in [2.75, 3.05) is 5.75 Å². The van der Waals surface area contributed by atoms with Crippen molar-refractivity contribution in [3.05, 3.63) is 93.5 Å². The number of imidazole rings is 1. The molecule has 0 aliphatic heterocycles. The van der Waals surface area contributed by atoms with E-state index in [4.69, 9.17) is 5.73 Å². The molecule has 3 aromatic carbocycles. The van der Waals surface area contributed by atoms with Crippen LogP contribution in [0.4, 0.5) is 5.69 Å². The van der Waals surface area contributed by atoms with E-state index in [1.807, 2.05) is 25.1 Å². The summed E-state index contributed by atoms with van der Waals surface area (Å²) in [6.45, 7) is 1.95. The molecule has 32 heavy (non-hydrogen) atoms. The fourth-order valence-corrected chi connectivity index (χ4v) is 4.21. The summed E-state index contributed by atoms with van der Waals surface area (Å²) < 4.78 is 1.63. The van der Waals surface area contributed by atoms with Gasteiger partial charge in [-0.2, -0.15) is 0 Å². The molecule has 160 valence electrons. The van der Waals surface area contributed by atoms with Gasteiger partial charge in [-0.05, 0) is 31.2 Å². The number of ketones is 1. The Kier molecular flexibility index (Phi) is 5.74. The minimum Gasteiger partial charge on any atom is -0.366 e. The lowest BCUT2D eigenvalue weighted by molar-refractivity contribution is -0.384. The zero-order valence-electron chi connectivity index (χ0n) is 17.0. The molecule has 8 nitrogen and oxygen atoms in total. The van der Waals surface area contributed by atoms with Crippen LogP contribution >= 0.6 is 11.8 Å². The van der Waals surface area contributed by atoms with Gasteiger partial charge in [0.1, 0.15) is 5.69 Å². The predicted octanol–water partition coefficient (Wildman–Crippen LogP) is 4.32. The molecule has 0 radical (unpaired) electrons. The Hall–Kier alpha value is -3.98. The van der Waals surface area contributed by atoms with E-state index in [-0.39, 0.29) is 28.5 Å². The largest absolute Gasteiger partial charge is 0.366 e. The normalized spacial score (nSPS) is 10.9. The van der Waals surface area contributed by atoms with Gasteiger partial charge in [-0.25, -0.2) is 4.98 Å². The van der Waals surface area contributed by atoms with Crippen LogP contribution in [0.25, 0.3) is 16.7 Å². The van der Waals surface area contributed by atoms with E-state index in [9.17, 15) is 19.7 Å². The average Bonchev–Trinajstić information content (AvgIpc) is 3.15. The number of fused-ring (bicyclic) bond motifs is 1. The zero-order valence-corrected chi connectivity index (χ0v) is 17.8. The number of carbonyl (C=O) groups is 2. The van der Waals surface area contributed by atoms with Crippen molar-refractivity contribution in [2.45, 2.75) is 12.1 Å². The predicted molar refractivity (Wildman–Crippen MR) is 122 cm³/mol. The summed E-state index contributed by atoms with van der Waals surface area (Å²) in [6, 6.07) is 18.5. The molecule has 4 rings (SSSR count). The van der Waals surface area contributed by atoms with Crippen molar-refractivity contribution in [1.29, 1.82) is 0 Å². The summed E-state index contributed by atoms with van der Waals surface area (Å²) in [5, 5.41) is 12.2. The van der Waals surface area contributed by atoms with Crippen LogP contribution in [0.15, 0.2) is 71.9 Å². The Morgan fingerprint density at radius 2 is 1.75 bits per heavy atom. The molecule has 0 spiro atoms. The number of carbonyl (C=O) groups excluding carboxylic acids is 2. The molecule has 2 N–H and O–H groups in total. The number of para-hydroxylation sites is 2. The second-order valence-electron chi connectivity index (χ2n) is 7.12. The van der Waals surface area contributed by atoms with Crippen LogP contribution in [0.1, 0.15) is 26.3 Å². The highest BCUT2D eigenvalue weighted by Crippen LogP contribution is 2.33. The quantitative estimate of drug-likeness (QED) is 0.195. The number of hydrogen-bond acceptors (Lipinski definition) is 6. The number of aryl methyl sites for hydroxylation is 1. The molecule has 0 unspecified atom stereocenters. The number of nitro benzene ring substituents is 1. The maximum absolute atomic E-state index is 12.7. The summed E-state index contributed by atoms with van der Waals surface area (Å²) in [5.74, 6) is -0.722. The summed E-state index contributed by atoms with van der Waals surface area (Å²) >= 11 is 1.19. The number of rotatable bonds is 7. The highest BCUT2D eigenvalue weighted by Gasteiger charge is 2.23. The van der Waals surface area contributed by atoms with Crippen LogP contribution < -0.4 is 5.73 Å². The van der Waals surface area contributed by atoms with Crippen molar-refractivity contribution in [3.63, 3.8) is 0 Å². The van der Waals surface area contributed by atoms with E-state index in [0.29, 0.717) is 21.8 Å². The molecule has 0 atom stereocenters. The van der Waals surface area contributed by atoms with E-state index in [1.165, 1.54) is 23.9 Å². The molecular formula is C23H18N4O4S. The summed E-state index contributed by atoms with van der Waals surface area (Å²) in [6.07, 6.45) is 0. The lowest BCUT2D eigenvalue weighted by Crippen LogP contribution is -2.12. The molecule has 0 aliphatic rings. The van der Waals surface area contributed by atoms with Gasteiger partial charge >= 0.3 is 0 Å². The van der Waals surface area contributed by atoms with E-state index in [2.05, 4.69) is 4.98 Å². The summed E-state index contributed by atoms with van der Waals surface area (Å²) in [7, 11) is 0. The molecule has 9 heteroatoms. The number of benzene rings is 3. The molecule has 1 aromatic heterocycles. The first-order valence-corrected chi connectivity index (χ1v) is 10.6. The lowest BCUT2D eigenvalue weighted by atomic mass is 10.1. The van der Waals surface area contributed by atoms with Crippen molar-refractivity contribution < 1.29 is 14.5 Å². The third kappa shape index (κ3) is 4.10. The van der Waals surface area contributed by atoms with E-state index >= 15 is 0 Å². The fraction of sp³-hybridized carbons (Fsp3) is 0.0870. The van der Waals surface area contributed by atoms with Gasteiger partial charge in [0.15, 0.2) is 10.9 Å². The van der Waals surface area contributed by atoms with Gasteiger partial charge in [0.2, 0.25) is 5.91 Å².